The molecule has 2 aliphatic heterocycles. The fourth-order valence-corrected chi connectivity index (χ4v) is 3.70. The Bertz CT molecular complexity index is 557. The van der Waals surface area contributed by atoms with Crippen LogP contribution >= 0.6 is 0 Å². The maximum absolute atomic E-state index is 11.5. The fourth-order valence-electron chi connectivity index (χ4n) is 3.70. The number of rotatable bonds is 2. The number of hydrogen-bond acceptors (Lipinski definition) is 4. The van der Waals surface area contributed by atoms with Gasteiger partial charge >= 0.3 is 0 Å². The zero-order valence-electron chi connectivity index (χ0n) is 12.9. The molecular formula is C16H24N4O. The first-order valence-electron chi connectivity index (χ1n) is 7.80. The first-order valence-corrected chi connectivity index (χ1v) is 7.80. The van der Waals surface area contributed by atoms with Crippen LogP contribution in [0.25, 0.3) is 0 Å². The summed E-state index contributed by atoms with van der Waals surface area (Å²) >= 11 is 0. The minimum absolute atomic E-state index is 0.211. The molecule has 1 aromatic rings. The summed E-state index contributed by atoms with van der Waals surface area (Å²) in [6.45, 7) is 6.56. The molecule has 2 fully saturated rings. The molecule has 3 rings (SSSR count). The highest BCUT2D eigenvalue weighted by molar-refractivity contribution is 5.77. The number of amides is 1. The van der Waals surface area contributed by atoms with Crippen LogP contribution in [-0.2, 0) is 11.3 Å². The van der Waals surface area contributed by atoms with Crippen molar-refractivity contribution in [2.24, 2.45) is 11.7 Å². The average Bonchev–Trinajstić information content (AvgIpc) is 2.46. The maximum atomic E-state index is 11.5. The first-order chi connectivity index (χ1) is 10.1. The molecule has 3 heterocycles. The summed E-state index contributed by atoms with van der Waals surface area (Å²) < 4.78 is 0. The zero-order chi connectivity index (χ0) is 15.0. The van der Waals surface area contributed by atoms with Gasteiger partial charge < -0.3 is 16.0 Å². The summed E-state index contributed by atoms with van der Waals surface area (Å²) in [5, 5.41) is 3.14. The lowest BCUT2D eigenvalue weighted by Crippen LogP contribution is -2.54. The van der Waals surface area contributed by atoms with E-state index in [1.165, 1.54) is 5.69 Å². The number of piperidine rings is 2. The molecule has 0 spiro atoms. The van der Waals surface area contributed by atoms with Crippen molar-refractivity contribution in [1.82, 2.24) is 10.3 Å². The van der Waals surface area contributed by atoms with E-state index in [0.29, 0.717) is 24.9 Å². The fraction of sp³-hybridized carbons (Fsp3) is 0.625. The third-order valence-electron chi connectivity index (χ3n) is 4.80. The molecule has 2 aliphatic rings. The van der Waals surface area contributed by atoms with Crippen molar-refractivity contribution in [1.29, 1.82) is 0 Å². The molecule has 0 saturated carbocycles. The summed E-state index contributed by atoms with van der Waals surface area (Å²) in [5.74, 6) is 0.763. The van der Waals surface area contributed by atoms with Crippen LogP contribution in [0.1, 0.15) is 36.2 Å². The lowest BCUT2D eigenvalue weighted by atomic mass is 9.84. The second kappa shape index (κ2) is 5.64. The highest BCUT2D eigenvalue weighted by atomic mass is 16.1. The van der Waals surface area contributed by atoms with Crippen LogP contribution in [-0.4, -0.2) is 30.0 Å². The summed E-state index contributed by atoms with van der Waals surface area (Å²) in [7, 11) is 0. The quantitative estimate of drug-likeness (QED) is 0.859. The van der Waals surface area contributed by atoms with Crippen LogP contribution < -0.4 is 16.0 Å². The van der Waals surface area contributed by atoms with Crippen molar-refractivity contribution in [3.8, 4) is 0 Å². The number of anilines is 1. The highest BCUT2D eigenvalue weighted by Crippen LogP contribution is 2.31. The molecule has 5 heteroatoms. The van der Waals surface area contributed by atoms with Crippen molar-refractivity contribution in [2.75, 3.05) is 18.0 Å². The average molecular weight is 288 g/mol. The van der Waals surface area contributed by atoms with Gasteiger partial charge in [-0.15, -0.1) is 0 Å². The van der Waals surface area contributed by atoms with Crippen LogP contribution in [0.3, 0.4) is 0 Å². The Morgan fingerprint density at radius 2 is 2.24 bits per heavy atom. The second-order valence-electron chi connectivity index (χ2n) is 6.26. The SMILES string of the molecule is Cc1cc(N2CCC3NC(=O)CCC3C2)c(CN)c(C)n1. The summed E-state index contributed by atoms with van der Waals surface area (Å²) in [5.41, 5.74) is 10.4. The number of aromatic nitrogens is 1. The predicted octanol–water partition coefficient (Wildman–Crippen LogP) is 1.26. The van der Waals surface area contributed by atoms with Gasteiger partial charge in [-0.1, -0.05) is 0 Å². The van der Waals surface area contributed by atoms with Crippen molar-refractivity contribution >= 4 is 11.6 Å². The number of nitrogens with one attached hydrogen (secondary N) is 1. The van der Waals surface area contributed by atoms with E-state index < -0.39 is 0 Å². The number of nitrogens with zero attached hydrogens (tertiary/aromatic N) is 2. The van der Waals surface area contributed by atoms with Gasteiger partial charge in [0.05, 0.1) is 0 Å². The molecule has 2 saturated heterocycles. The summed E-state index contributed by atoms with van der Waals surface area (Å²) in [6.07, 6.45) is 2.67. The third-order valence-corrected chi connectivity index (χ3v) is 4.80. The molecule has 0 radical (unpaired) electrons. The van der Waals surface area contributed by atoms with E-state index in [4.69, 9.17) is 5.73 Å². The molecule has 0 bridgehead atoms. The smallest absolute Gasteiger partial charge is 0.220 e. The molecule has 2 atom stereocenters. The minimum atomic E-state index is 0.211. The van der Waals surface area contributed by atoms with E-state index in [1.807, 2.05) is 13.8 Å². The number of fused-ring (bicyclic) bond motifs is 1. The number of pyridine rings is 1. The standard InChI is InChI=1S/C16H24N4O/c1-10-7-15(13(8-17)11(2)18-10)20-6-5-14-12(9-20)3-4-16(21)19-14/h7,12,14H,3-6,8-9,17H2,1-2H3,(H,19,21). The van der Waals surface area contributed by atoms with E-state index in [2.05, 4.69) is 21.3 Å². The van der Waals surface area contributed by atoms with Gasteiger partial charge in [-0.2, -0.15) is 0 Å². The lowest BCUT2D eigenvalue weighted by molar-refractivity contribution is -0.124. The molecule has 5 nitrogen and oxygen atoms in total. The lowest BCUT2D eigenvalue weighted by Gasteiger charge is -2.43. The Kier molecular flexibility index (Phi) is 3.85. The van der Waals surface area contributed by atoms with Gasteiger partial charge in [0.2, 0.25) is 5.91 Å². The van der Waals surface area contributed by atoms with Crippen molar-refractivity contribution in [2.45, 2.75) is 45.7 Å². The van der Waals surface area contributed by atoms with E-state index in [-0.39, 0.29) is 5.91 Å². The molecule has 0 aromatic carbocycles. The van der Waals surface area contributed by atoms with Gasteiger partial charge in [-0.25, -0.2) is 0 Å². The number of aryl methyl sites for hydroxylation is 2. The van der Waals surface area contributed by atoms with Crippen LogP contribution in [0.2, 0.25) is 0 Å². The van der Waals surface area contributed by atoms with E-state index in [1.54, 1.807) is 0 Å². The highest BCUT2D eigenvalue weighted by Gasteiger charge is 2.34. The van der Waals surface area contributed by atoms with Crippen LogP contribution in [0, 0.1) is 19.8 Å². The molecule has 2 unspecified atom stereocenters. The van der Waals surface area contributed by atoms with Gasteiger partial charge in [-0.05, 0) is 38.7 Å². The van der Waals surface area contributed by atoms with Gasteiger partial charge in [-0.3, -0.25) is 9.78 Å². The molecule has 3 N–H and O–H groups in total. The molecule has 1 amide bonds. The third kappa shape index (κ3) is 2.75. The van der Waals surface area contributed by atoms with Gasteiger partial charge in [0, 0.05) is 54.7 Å². The van der Waals surface area contributed by atoms with E-state index >= 15 is 0 Å². The van der Waals surface area contributed by atoms with Crippen molar-refractivity contribution in [3.63, 3.8) is 0 Å². The predicted molar refractivity (Wildman–Crippen MR) is 83.1 cm³/mol. The molecule has 0 aliphatic carbocycles. The van der Waals surface area contributed by atoms with Crippen molar-refractivity contribution in [3.05, 3.63) is 23.0 Å². The van der Waals surface area contributed by atoms with Gasteiger partial charge in [0.15, 0.2) is 0 Å². The molecule has 114 valence electrons. The monoisotopic (exact) mass is 288 g/mol. The first kappa shape index (κ1) is 14.3. The van der Waals surface area contributed by atoms with E-state index in [0.717, 1.165) is 42.9 Å². The summed E-state index contributed by atoms with van der Waals surface area (Å²) in [6, 6.07) is 2.50. The molecule has 21 heavy (non-hydrogen) atoms. The van der Waals surface area contributed by atoms with Crippen LogP contribution in [0.5, 0.6) is 0 Å². The van der Waals surface area contributed by atoms with Gasteiger partial charge in [0.1, 0.15) is 0 Å². The normalized spacial score (nSPS) is 25.5. The Labute approximate surface area is 125 Å². The number of nitrogens with two attached hydrogens (primary N) is 1. The van der Waals surface area contributed by atoms with E-state index in [9.17, 15) is 4.79 Å². The number of hydrogen-bond donors (Lipinski definition) is 2. The molecule has 1 aromatic heterocycles. The maximum Gasteiger partial charge on any atom is 0.220 e. The molecular weight excluding hydrogens is 264 g/mol. The Hall–Kier alpha value is -1.62. The number of carbonyl (C=O) groups is 1. The van der Waals surface area contributed by atoms with Crippen LogP contribution in [0.4, 0.5) is 5.69 Å². The van der Waals surface area contributed by atoms with Gasteiger partial charge in [0.25, 0.3) is 0 Å². The van der Waals surface area contributed by atoms with Crippen molar-refractivity contribution < 1.29 is 4.79 Å². The zero-order valence-corrected chi connectivity index (χ0v) is 12.9. The number of carbonyl (C=O) groups excluding carboxylic acids is 1. The second-order valence-corrected chi connectivity index (χ2v) is 6.26. The topological polar surface area (TPSA) is 71.2 Å². The Morgan fingerprint density at radius 1 is 1.43 bits per heavy atom. The summed E-state index contributed by atoms with van der Waals surface area (Å²) in [4.78, 5) is 18.5. The largest absolute Gasteiger partial charge is 0.371 e. The Morgan fingerprint density at radius 3 is 3.00 bits per heavy atom. The van der Waals surface area contributed by atoms with Crippen LogP contribution in [0.15, 0.2) is 6.07 Å². The Balaban J connectivity index is 1.84. The minimum Gasteiger partial charge on any atom is -0.371 e.